The Morgan fingerprint density at radius 2 is 1.77 bits per heavy atom. The van der Waals surface area contributed by atoms with Crippen LogP contribution >= 0.6 is 0 Å². The molecule has 6 nitrogen and oxygen atoms in total. The smallest absolute Gasteiger partial charge is 0.253 e. The van der Waals surface area contributed by atoms with Crippen LogP contribution in [0, 0.1) is 13.8 Å². The molecule has 2 aromatic rings. The standard InChI is InChI=1S/C19H25N3O3S/c1-15-14-18(16(2)22(15)17-8-4-3-5-9-17)19(23)20-10-13-26(24,25)21-11-6-7-12-21/h3-5,8-9,14H,6-7,10-13H2,1-2H3,(H,20,23). The van der Waals surface area contributed by atoms with Crippen LogP contribution in [0.4, 0.5) is 0 Å². The van der Waals surface area contributed by atoms with Crippen molar-refractivity contribution in [3.63, 3.8) is 0 Å². The number of rotatable bonds is 6. The molecule has 1 aliphatic heterocycles. The molecule has 7 heteroatoms. The lowest BCUT2D eigenvalue weighted by Crippen LogP contribution is -2.36. The van der Waals surface area contributed by atoms with Crippen LogP contribution in [0.15, 0.2) is 36.4 Å². The Morgan fingerprint density at radius 3 is 2.42 bits per heavy atom. The predicted octanol–water partition coefficient (Wildman–Crippen LogP) is 2.25. The molecule has 1 fully saturated rings. The van der Waals surface area contributed by atoms with Gasteiger partial charge in [0.1, 0.15) is 0 Å². The lowest BCUT2D eigenvalue weighted by molar-refractivity contribution is 0.0955. The molecule has 1 saturated heterocycles. The van der Waals surface area contributed by atoms with Gasteiger partial charge in [0, 0.05) is 36.7 Å². The first-order valence-electron chi connectivity index (χ1n) is 8.90. The van der Waals surface area contributed by atoms with Crippen LogP contribution in [0.3, 0.4) is 0 Å². The summed E-state index contributed by atoms with van der Waals surface area (Å²) in [5, 5.41) is 2.75. The summed E-state index contributed by atoms with van der Waals surface area (Å²) in [5.74, 6) is -0.298. The number of amides is 1. The van der Waals surface area contributed by atoms with Gasteiger partial charge in [-0.25, -0.2) is 12.7 Å². The van der Waals surface area contributed by atoms with Gasteiger partial charge in [-0.2, -0.15) is 0 Å². The molecule has 1 N–H and O–H groups in total. The molecule has 1 aromatic carbocycles. The first kappa shape index (κ1) is 18.7. The number of benzene rings is 1. The van der Waals surface area contributed by atoms with Crippen LogP contribution in [0.5, 0.6) is 0 Å². The van der Waals surface area contributed by atoms with Gasteiger partial charge in [0.05, 0.1) is 11.3 Å². The van der Waals surface area contributed by atoms with Gasteiger partial charge in [-0.3, -0.25) is 4.79 Å². The second-order valence-electron chi connectivity index (χ2n) is 6.63. The SMILES string of the molecule is Cc1cc(C(=O)NCCS(=O)(=O)N2CCCC2)c(C)n1-c1ccccc1. The van der Waals surface area contributed by atoms with E-state index in [2.05, 4.69) is 5.32 Å². The van der Waals surface area contributed by atoms with Crippen LogP contribution in [-0.4, -0.2) is 48.6 Å². The minimum absolute atomic E-state index is 0.0594. The average Bonchev–Trinajstić information content (AvgIpc) is 3.24. The summed E-state index contributed by atoms with van der Waals surface area (Å²) in [7, 11) is -3.28. The highest BCUT2D eigenvalue weighted by atomic mass is 32.2. The van der Waals surface area contributed by atoms with E-state index in [0.29, 0.717) is 18.7 Å². The number of aromatic nitrogens is 1. The zero-order chi connectivity index (χ0) is 18.7. The predicted molar refractivity (Wildman–Crippen MR) is 102 cm³/mol. The van der Waals surface area contributed by atoms with Gasteiger partial charge >= 0.3 is 0 Å². The molecule has 3 rings (SSSR count). The summed E-state index contributed by atoms with van der Waals surface area (Å²) in [6, 6.07) is 11.7. The van der Waals surface area contributed by atoms with Gasteiger partial charge in [0.15, 0.2) is 0 Å². The van der Waals surface area contributed by atoms with Crippen LogP contribution in [0.25, 0.3) is 5.69 Å². The Morgan fingerprint density at radius 1 is 1.12 bits per heavy atom. The number of para-hydroxylation sites is 1. The molecule has 0 spiro atoms. The van der Waals surface area contributed by atoms with E-state index in [0.717, 1.165) is 29.9 Å². The molecule has 1 aromatic heterocycles. The van der Waals surface area contributed by atoms with Crippen molar-refractivity contribution in [1.29, 1.82) is 0 Å². The fourth-order valence-electron chi connectivity index (χ4n) is 3.45. The summed E-state index contributed by atoms with van der Waals surface area (Å²) in [4.78, 5) is 12.5. The molecule has 0 saturated carbocycles. The zero-order valence-corrected chi connectivity index (χ0v) is 16.1. The first-order valence-corrected chi connectivity index (χ1v) is 10.5. The average molecular weight is 375 g/mol. The summed E-state index contributed by atoms with van der Waals surface area (Å²) in [6.07, 6.45) is 1.83. The van der Waals surface area contributed by atoms with Gasteiger partial charge in [-0.1, -0.05) is 18.2 Å². The summed E-state index contributed by atoms with van der Waals surface area (Å²) < 4.78 is 28.0. The van der Waals surface area contributed by atoms with E-state index in [1.807, 2.05) is 54.8 Å². The third kappa shape index (κ3) is 3.83. The van der Waals surface area contributed by atoms with Crippen molar-refractivity contribution < 1.29 is 13.2 Å². The van der Waals surface area contributed by atoms with Gasteiger partial charge in [-0.05, 0) is 44.9 Å². The molecule has 26 heavy (non-hydrogen) atoms. The number of carbonyl (C=O) groups excluding carboxylic acids is 1. The first-order chi connectivity index (χ1) is 12.4. The molecule has 1 amide bonds. The van der Waals surface area contributed by atoms with Gasteiger partial charge < -0.3 is 9.88 Å². The fourth-order valence-corrected chi connectivity index (χ4v) is 4.88. The molecule has 0 aliphatic carbocycles. The number of nitrogens with zero attached hydrogens (tertiary/aromatic N) is 2. The molecule has 2 heterocycles. The van der Waals surface area contributed by atoms with E-state index >= 15 is 0 Å². The maximum Gasteiger partial charge on any atom is 0.253 e. The van der Waals surface area contributed by atoms with E-state index in [4.69, 9.17) is 0 Å². The molecule has 0 atom stereocenters. The number of sulfonamides is 1. The molecule has 0 radical (unpaired) electrons. The number of carbonyl (C=O) groups is 1. The largest absolute Gasteiger partial charge is 0.351 e. The number of nitrogens with one attached hydrogen (secondary N) is 1. The number of hydrogen-bond donors (Lipinski definition) is 1. The fraction of sp³-hybridized carbons (Fsp3) is 0.421. The normalized spacial score (nSPS) is 15.3. The van der Waals surface area contributed by atoms with Crippen LogP contribution < -0.4 is 5.32 Å². The summed E-state index contributed by atoms with van der Waals surface area (Å²) in [5.41, 5.74) is 3.38. The molecular formula is C19H25N3O3S. The molecule has 0 unspecified atom stereocenters. The second-order valence-corrected chi connectivity index (χ2v) is 8.72. The van der Waals surface area contributed by atoms with Gasteiger partial charge in [0.2, 0.25) is 10.0 Å². The Bertz CT molecular complexity index is 882. The molecule has 0 bridgehead atoms. The molecule has 140 valence electrons. The van der Waals surface area contributed by atoms with Crippen molar-refractivity contribution in [3.05, 3.63) is 53.3 Å². The van der Waals surface area contributed by atoms with Crippen LogP contribution in [-0.2, 0) is 10.0 Å². The van der Waals surface area contributed by atoms with Crippen molar-refractivity contribution in [3.8, 4) is 5.69 Å². The highest BCUT2D eigenvalue weighted by molar-refractivity contribution is 7.89. The highest BCUT2D eigenvalue weighted by Gasteiger charge is 2.25. The van der Waals surface area contributed by atoms with Crippen molar-refractivity contribution in [2.24, 2.45) is 0 Å². The maximum absolute atomic E-state index is 12.5. The van der Waals surface area contributed by atoms with Crippen molar-refractivity contribution in [2.45, 2.75) is 26.7 Å². The van der Waals surface area contributed by atoms with E-state index < -0.39 is 10.0 Å². The van der Waals surface area contributed by atoms with Gasteiger partial charge in [0.25, 0.3) is 5.91 Å². The number of aryl methyl sites for hydroxylation is 1. The molecular weight excluding hydrogens is 350 g/mol. The summed E-state index contributed by atoms with van der Waals surface area (Å²) >= 11 is 0. The van der Waals surface area contributed by atoms with E-state index in [1.165, 1.54) is 4.31 Å². The second kappa shape index (κ2) is 7.63. The van der Waals surface area contributed by atoms with E-state index in [1.54, 1.807) is 0 Å². The highest BCUT2D eigenvalue weighted by Crippen LogP contribution is 2.20. The lowest BCUT2D eigenvalue weighted by Gasteiger charge is -2.15. The Kier molecular flexibility index (Phi) is 5.48. The lowest BCUT2D eigenvalue weighted by atomic mass is 10.2. The topological polar surface area (TPSA) is 71.4 Å². The summed E-state index contributed by atoms with van der Waals surface area (Å²) in [6.45, 7) is 5.15. The third-order valence-corrected chi connectivity index (χ3v) is 6.67. The minimum atomic E-state index is -3.28. The van der Waals surface area contributed by atoms with E-state index in [9.17, 15) is 13.2 Å². The van der Waals surface area contributed by atoms with Crippen LogP contribution in [0.2, 0.25) is 0 Å². The quantitative estimate of drug-likeness (QED) is 0.842. The van der Waals surface area contributed by atoms with E-state index in [-0.39, 0.29) is 18.2 Å². The Hall–Kier alpha value is -2.12. The maximum atomic E-state index is 12.5. The van der Waals surface area contributed by atoms with Crippen molar-refractivity contribution in [1.82, 2.24) is 14.2 Å². The Balaban J connectivity index is 1.67. The molecule has 1 aliphatic rings. The van der Waals surface area contributed by atoms with Gasteiger partial charge in [-0.15, -0.1) is 0 Å². The van der Waals surface area contributed by atoms with Crippen molar-refractivity contribution >= 4 is 15.9 Å². The van der Waals surface area contributed by atoms with Crippen molar-refractivity contribution in [2.75, 3.05) is 25.4 Å². The van der Waals surface area contributed by atoms with Crippen LogP contribution in [0.1, 0.15) is 34.6 Å². The monoisotopic (exact) mass is 375 g/mol. The third-order valence-electron chi connectivity index (χ3n) is 4.79. The number of hydrogen-bond acceptors (Lipinski definition) is 3. The minimum Gasteiger partial charge on any atom is -0.351 e. The zero-order valence-electron chi connectivity index (χ0n) is 15.2. The Labute approximate surface area is 154 Å².